The van der Waals surface area contributed by atoms with E-state index in [1.54, 1.807) is 18.2 Å². The minimum absolute atomic E-state index is 0.0615. The second-order valence-corrected chi connectivity index (χ2v) is 5.23. The van der Waals surface area contributed by atoms with Gasteiger partial charge in [-0.1, -0.05) is 18.2 Å². The van der Waals surface area contributed by atoms with Crippen LogP contribution in [0.25, 0.3) is 0 Å². The number of nitrogens with one attached hydrogen (secondary N) is 1. The van der Waals surface area contributed by atoms with Gasteiger partial charge in [-0.2, -0.15) is 0 Å². The predicted octanol–water partition coefficient (Wildman–Crippen LogP) is 3.06. The molecule has 0 aromatic heterocycles. The molecule has 0 heterocycles. The molecule has 2 aromatic rings. The number of carbonyl (C=O) groups excluding carboxylic acids is 1. The largest absolute Gasteiger partial charge is 0.508 e. The summed E-state index contributed by atoms with van der Waals surface area (Å²) in [6.45, 7) is 0. The van der Waals surface area contributed by atoms with E-state index in [0.717, 1.165) is 24.1 Å². The molecule has 3 rings (SSSR count). The van der Waals surface area contributed by atoms with E-state index in [1.807, 2.05) is 12.1 Å². The molecular weight excluding hydrogens is 250 g/mol. The zero-order chi connectivity index (χ0) is 13.9. The zero-order valence-electron chi connectivity index (χ0n) is 11.2. The van der Waals surface area contributed by atoms with Gasteiger partial charge in [0.15, 0.2) is 0 Å². The van der Waals surface area contributed by atoms with Crippen molar-refractivity contribution in [1.29, 1.82) is 0 Å². The second-order valence-electron chi connectivity index (χ2n) is 5.23. The summed E-state index contributed by atoms with van der Waals surface area (Å²) in [6.07, 6.45) is 3.72. The van der Waals surface area contributed by atoms with Gasteiger partial charge in [0.25, 0.3) is 0 Å². The molecular formula is C17H17NO2. The highest BCUT2D eigenvalue weighted by Crippen LogP contribution is 2.25. The highest BCUT2D eigenvalue weighted by atomic mass is 16.3. The van der Waals surface area contributed by atoms with Gasteiger partial charge < -0.3 is 10.4 Å². The van der Waals surface area contributed by atoms with Gasteiger partial charge in [-0.3, -0.25) is 4.79 Å². The summed E-state index contributed by atoms with van der Waals surface area (Å²) in [7, 11) is 0. The van der Waals surface area contributed by atoms with Crippen LogP contribution in [0, 0.1) is 0 Å². The van der Waals surface area contributed by atoms with Gasteiger partial charge in [0.1, 0.15) is 5.75 Å². The molecule has 0 unspecified atom stereocenters. The maximum Gasteiger partial charge on any atom is 0.228 e. The molecule has 0 aliphatic heterocycles. The topological polar surface area (TPSA) is 49.3 Å². The van der Waals surface area contributed by atoms with Crippen molar-refractivity contribution in [3.05, 3.63) is 59.2 Å². The molecule has 1 amide bonds. The Hall–Kier alpha value is -2.29. The second kappa shape index (κ2) is 5.37. The van der Waals surface area contributed by atoms with Gasteiger partial charge in [-0.15, -0.1) is 0 Å². The number of phenols is 1. The average Bonchev–Trinajstić information content (AvgIpc) is 2.86. The maximum absolute atomic E-state index is 12.0. The van der Waals surface area contributed by atoms with Crippen molar-refractivity contribution in [3.63, 3.8) is 0 Å². The minimum Gasteiger partial charge on any atom is -0.508 e. The van der Waals surface area contributed by atoms with Crippen LogP contribution in [-0.2, 0) is 24.1 Å². The molecule has 0 saturated heterocycles. The Kier molecular flexibility index (Phi) is 3.42. The SMILES string of the molecule is O=C(Cc1cccc(O)c1)Nc1ccc2c(c1)CCC2. The van der Waals surface area contributed by atoms with E-state index in [1.165, 1.54) is 17.5 Å². The number of fused-ring (bicyclic) bond motifs is 1. The fourth-order valence-corrected chi connectivity index (χ4v) is 2.71. The molecule has 20 heavy (non-hydrogen) atoms. The third kappa shape index (κ3) is 2.82. The number of rotatable bonds is 3. The number of benzene rings is 2. The van der Waals surface area contributed by atoms with Crippen molar-refractivity contribution in [1.82, 2.24) is 0 Å². The average molecular weight is 267 g/mol. The summed E-state index contributed by atoms with van der Waals surface area (Å²) < 4.78 is 0. The molecule has 0 fully saturated rings. The lowest BCUT2D eigenvalue weighted by Crippen LogP contribution is -2.14. The first-order chi connectivity index (χ1) is 9.70. The van der Waals surface area contributed by atoms with E-state index >= 15 is 0 Å². The standard InChI is InChI=1S/C17H17NO2/c19-16-6-1-3-12(9-16)10-17(20)18-15-8-7-13-4-2-5-14(13)11-15/h1,3,6-9,11,19H,2,4-5,10H2,(H,18,20). The van der Waals surface area contributed by atoms with Crippen LogP contribution in [0.15, 0.2) is 42.5 Å². The van der Waals surface area contributed by atoms with Gasteiger partial charge >= 0.3 is 0 Å². The van der Waals surface area contributed by atoms with Crippen molar-refractivity contribution >= 4 is 11.6 Å². The number of aromatic hydroxyl groups is 1. The van der Waals surface area contributed by atoms with Crippen LogP contribution < -0.4 is 5.32 Å². The first-order valence-electron chi connectivity index (χ1n) is 6.90. The third-order valence-corrected chi connectivity index (χ3v) is 3.66. The quantitative estimate of drug-likeness (QED) is 0.898. The van der Waals surface area contributed by atoms with Crippen LogP contribution in [0.1, 0.15) is 23.1 Å². The number of phenolic OH excluding ortho intramolecular Hbond substituents is 1. The molecule has 1 aliphatic carbocycles. The van der Waals surface area contributed by atoms with Crippen molar-refractivity contribution in [2.75, 3.05) is 5.32 Å². The van der Waals surface area contributed by atoms with Crippen LogP contribution in [0.3, 0.4) is 0 Å². The molecule has 102 valence electrons. The monoisotopic (exact) mass is 267 g/mol. The molecule has 3 heteroatoms. The summed E-state index contributed by atoms with van der Waals surface area (Å²) in [5, 5.41) is 12.3. The summed E-state index contributed by atoms with van der Waals surface area (Å²) in [5.74, 6) is 0.126. The Morgan fingerprint density at radius 2 is 1.95 bits per heavy atom. The molecule has 2 N–H and O–H groups in total. The van der Waals surface area contributed by atoms with Gasteiger partial charge in [0, 0.05) is 5.69 Å². The molecule has 0 bridgehead atoms. The van der Waals surface area contributed by atoms with E-state index < -0.39 is 0 Å². The molecule has 2 aromatic carbocycles. The first kappa shape index (κ1) is 12.7. The lowest BCUT2D eigenvalue weighted by Gasteiger charge is -2.08. The zero-order valence-corrected chi connectivity index (χ0v) is 11.2. The number of amides is 1. The Morgan fingerprint density at radius 3 is 2.80 bits per heavy atom. The van der Waals surface area contributed by atoms with Crippen LogP contribution in [0.5, 0.6) is 5.75 Å². The summed E-state index contributed by atoms with van der Waals surface area (Å²) in [6, 6.07) is 12.9. The predicted molar refractivity (Wildman–Crippen MR) is 78.9 cm³/mol. The minimum atomic E-state index is -0.0615. The number of aryl methyl sites for hydroxylation is 2. The van der Waals surface area contributed by atoms with E-state index in [2.05, 4.69) is 17.4 Å². The van der Waals surface area contributed by atoms with Crippen molar-refractivity contribution in [3.8, 4) is 5.75 Å². The Balaban J connectivity index is 1.67. The summed E-state index contributed by atoms with van der Waals surface area (Å²) in [5.41, 5.74) is 4.41. The Labute approximate surface area is 118 Å². The molecule has 0 spiro atoms. The normalized spacial score (nSPS) is 13.0. The Morgan fingerprint density at radius 1 is 1.10 bits per heavy atom. The van der Waals surface area contributed by atoms with E-state index in [9.17, 15) is 9.90 Å². The first-order valence-corrected chi connectivity index (χ1v) is 6.90. The fraction of sp³-hybridized carbons (Fsp3) is 0.235. The van der Waals surface area contributed by atoms with Crippen LogP contribution in [0.2, 0.25) is 0 Å². The van der Waals surface area contributed by atoms with Gasteiger partial charge in [0.2, 0.25) is 5.91 Å². The van der Waals surface area contributed by atoms with Crippen molar-refractivity contribution < 1.29 is 9.90 Å². The molecule has 1 aliphatic rings. The smallest absolute Gasteiger partial charge is 0.228 e. The van der Waals surface area contributed by atoms with E-state index in [-0.39, 0.29) is 18.1 Å². The highest BCUT2D eigenvalue weighted by Gasteiger charge is 2.12. The van der Waals surface area contributed by atoms with Gasteiger partial charge in [-0.25, -0.2) is 0 Å². The summed E-state index contributed by atoms with van der Waals surface area (Å²) in [4.78, 5) is 12.0. The number of hydrogen-bond donors (Lipinski definition) is 2. The number of carbonyl (C=O) groups is 1. The molecule has 0 atom stereocenters. The number of anilines is 1. The van der Waals surface area contributed by atoms with Crippen molar-refractivity contribution in [2.45, 2.75) is 25.7 Å². The maximum atomic E-state index is 12.0. The molecule has 3 nitrogen and oxygen atoms in total. The third-order valence-electron chi connectivity index (χ3n) is 3.66. The highest BCUT2D eigenvalue weighted by molar-refractivity contribution is 5.92. The molecule has 0 radical (unpaired) electrons. The molecule has 0 saturated carbocycles. The number of hydrogen-bond acceptors (Lipinski definition) is 2. The lowest BCUT2D eigenvalue weighted by atomic mass is 10.1. The lowest BCUT2D eigenvalue weighted by molar-refractivity contribution is -0.115. The van der Waals surface area contributed by atoms with Gasteiger partial charge in [0.05, 0.1) is 6.42 Å². The van der Waals surface area contributed by atoms with E-state index in [0.29, 0.717) is 0 Å². The summed E-state index contributed by atoms with van der Waals surface area (Å²) >= 11 is 0. The van der Waals surface area contributed by atoms with Crippen LogP contribution in [-0.4, -0.2) is 11.0 Å². The van der Waals surface area contributed by atoms with Gasteiger partial charge in [-0.05, 0) is 60.2 Å². The van der Waals surface area contributed by atoms with Crippen molar-refractivity contribution in [2.24, 2.45) is 0 Å². The van der Waals surface area contributed by atoms with Crippen LogP contribution in [0.4, 0.5) is 5.69 Å². The van der Waals surface area contributed by atoms with Crippen LogP contribution >= 0.6 is 0 Å². The fourth-order valence-electron chi connectivity index (χ4n) is 2.71. The Bertz CT molecular complexity index is 649. The van der Waals surface area contributed by atoms with E-state index in [4.69, 9.17) is 0 Å².